The highest BCUT2D eigenvalue weighted by molar-refractivity contribution is 5.94. The lowest BCUT2D eigenvalue weighted by Gasteiger charge is -2.16. The molecule has 1 atom stereocenters. The Hall–Kier alpha value is -1.35. The number of carbonyl (C=O) groups excluding carboxylic acids is 1. The van der Waals surface area contributed by atoms with Crippen LogP contribution >= 0.6 is 0 Å². The molecule has 1 aliphatic carbocycles. The predicted molar refractivity (Wildman–Crippen MR) is 73.2 cm³/mol. The van der Waals surface area contributed by atoms with Crippen LogP contribution in [0.5, 0.6) is 0 Å². The number of amides is 1. The Balaban J connectivity index is 1.91. The molecule has 0 spiro atoms. The van der Waals surface area contributed by atoms with Gasteiger partial charge in [-0.3, -0.25) is 4.79 Å². The van der Waals surface area contributed by atoms with Gasteiger partial charge < -0.3 is 11.1 Å². The number of hydrogen-bond donors (Lipinski definition) is 2. The first-order valence-corrected chi connectivity index (χ1v) is 6.82. The predicted octanol–water partition coefficient (Wildman–Crippen LogP) is 2.45. The van der Waals surface area contributed by atoms with Gasteiger partial charge in [0.15, 0.2) is 0 Å². The molecule has 3 heteroatoms. The van der Waals surface area contributed by atoms with E-state index in [0.717, 1.165) is 29.9 Å². The molecule has 1 unspecified atom stereocenters. The lowest BCUT2D eigenvalue weighted by Crippen LogP contribution is -2.34. The zero-order valence-corrected chi connectivity index (χ0v) is 11.0. The molecule has 2 rings (SSSR count). The van der Waals surface area contributed by atoms with Crippen LogP contribution < -0.4 is 11.1 Å². The molecular formula is C15H22N2O. The van der Waals surface area contributed by atoms with Crippen LogP contribution in [-0.4, -0.2) is 11.9 Å². The summed E-state index contributed by atoms with van der Waals surface area (Å²) in [5.74, 6) is 0.876. The molecule has 1 aromatic carbocycles. The minimum absolute atomic E-state index is 0.0334. The fraction of sp³-hybridized carbons (Fsp3) is 0.533. The van der Waals surface area contributed by atoms with Gasteiger partial charge in [0, 0.05) is 18.2 Å². The van der Waals surface area contributed by atoms with Crippen LogP contribution in [-0.2, 0) is 6.54 Å². The van der Waals surface area contributed by atoms with Crippen molar-refractivity contribution in [2.45, 2.75) is 45.2 Å². The Morgan fingerprint density at radius 2 is 2.06 bits per heavy atom. The van der Waals surface area contributed by atoms with Crippen molar-refractivity contribution in [2.75, 3.05) is 0 Å². The fourth-order valence-corrected chi connectivity index (χ4v) is 2.14. The van der Waals surface area contributed by atoms with Gasteiger partial charge in [0.25, 0.3) is 5.91 Å². The molecule has 3 nitrogen and oxygen atoms in total. The van der Waals surface area contributed by atoms with E-state index in [1.165, 1.54) is 12.8 Å². The van der Waals surface area contributed by atoms with Crippen molar-refractivity contribution < 1.29 is 4.79 Å². The van der Waals surface area contributed by atoms with E-state index in [9.17, 15) is 4.79 Å². The van der Waals surface area contributed by atoms with Gasteiger partial charge in [-0.2, -0.15) is 0 Å². The highest BCUT2D eigenvalue weighted by Gasteiger charge is 2.25. The van der Waals surface area contributed by atoms with E-state index in [1.807, 2.05) is 24.3 Å². The van der Waals surface area contributed by atoms with Gasteiger partial charge in [0.05, 0.1) is 0 Å². The summed E-state index contributed by atoms with van der Waals surface area (Å²) >= 11 is 0. The zero-order valence-electron chi connectivity index (χ0n) is 11.0. The number of carbonyl (C=O) groups is 1. The summed E-state index contributed by atoms with van der Waals surface area (Å²) < 4.78 is 0. The summed E-state index contributed by atoms with van der Waals surface area (Å²) in [6, 6.07) is 7.84. The van der Waals surface area contributed by atoms with Crippen molar-refractivity contribution in [1.82, 2.24) is 5.32 Å². The molecule has 98 valence electrons. The molecule has 0 aromatic heterocycles. The molecule has 0 heterocycles. The van der Waals surface area contributed by atoms with Crippen molar-refractivity contribution in [1.29, 1.82) is 0 Å². The molecule has 1 fully saturated rings. The molecule has 0 aliphatic heterocycles. The lowest BCUT2D eigenvalue weighted by atomic mass is 10.1. The maximum Gasteiger partial charge on any atom is 0.251 e. The molecule has 0 bridgehead atoms. The Morgan fingerprint density at radius 1 is 1.39 bits per heavy atom. The largest absolute Gasteiger partial charge is 0.349 e. The number of rotatable bonds is 6. The molecule has 1 saturated carbocycles. The van der Waals surface area contributed by atoms with Gasteiger partial charge in [-0.25, -0.2) is 0 Å². The van der Waals surface area contributed by atoms with E-state index in [-0.39, 0.29) is 5.91 Å². The summed E-state index contributed by atoms with van der Waals surface area (Å²) in [6.45, 7) is 2.64. The van der Waals surface area contributed by atoms with Crippen molar-refractivity contribution in [3.63, 3.8) is 0 Å². The maximum atomic E-state index is 12.1. The van der Waals surface area contributed by atoms with Gasteiger partial charge in [-0.1, -0.05) is 31.9 Å². The minimum Gasteiger partial charge on any atom is -0.349 e. The molecule has 18 heavy (non-hydrogen) atoms. The summed E-state index contributed by atoms with van der Waals surface area (Å²) in [7, 11) is 0. The fourth-order valence-electron chi connectivity index (χ4n) is 2.14. The number of hydrogen-bond acceptors (Lipinski definition) is 2. The highest BCUT2D eigenvalue weighted by atomic mass is 16.1. The normalized spacial score (nSPS) is 16.3. The summed E-state index contributed by atoms with van der Waals surface area (Å²) in [4.78, 5) is 12.1. The van der Waals surface area contributed by atoms with Crippen LogP contribution in [0.1, 0.15) is 48.5 Å². The van der Waals surface area contributed by atoms with E-state index in [0.29, 0.717) is 12.6 Å². The second-order valence-corrected chi connectivity index (χ2v) is 5.16. The number of nitrogens with two attached hydrogens (primary N) is 1. The topological polar surface area (TPSA) is 55.1 Å². The third-order valence-corrected chi connectivity index (χ3v) is 3.59. The monoisotopic (exact) mass is 246 g/mol. The smallest absolute Gasteiger partial charge is 0.251 e. The third kappa shape index (κ3) is 3.57. The molecule has 1 aliphatic rings. The van der Waals surface area contributed by atoms with Crippen LogP contribution in [0.15, 0.2) is 24.3 Å². The zero-order chi connectivity index (χ0) is 13.0. The van der Waals surface area contributed by atoms with Crippen molar-refractivity contribution >= 4 is 5.91 Å². The second-order valence-electron chi connectivity index (χ2n) is 5.16. The highest BCUT2D eigenvalue weighted by Crippen LogP contribution is 2.34. The Labute approximate surface area is 109 Å². The number of nitrogens with one attached hydrogen (secondary N) is 1. The van der Waals surface area contributed by atoms with Crippen molar-refractivity contribution in [2.24, 2.45) is 11.7 Å². The first-order valence-electron chi connectivity index (χ1n) is 6.82. The molecule has 0 radical (unpaired) electrons. The minimum atomic E-state index is 0.0334. The van der Waals surface area contributed by atoms with E-state index < -0.39 is 0 Å². The standard InChI is InChI=1S/C15H22N2O/c1-2-14(9-11-3-4-11)17-15(18)13-7-5-12(10-16)6-8-13/h5-8,11,14H,2-4,9-10,16H2,1H3,(H,17,18). The molecule has 3 N–H and O–H groups in total. The van der Waals surface area contributed by atoms with Crippen molar-refractivity contribution in [3.05, 3.63) is 35.4 Å². The van der Waals surface area contributed by atoms with Gasteiger partial charge in [-0.05, 0) is 36.5 Å². The average Bonchev–Trinajstić information content (AvgIpc) is 3.22. The Bertz CT molecular complexity index is 395. The van der Waals surface area contributed by atoms with E-state index in [2.05, 4.69) is 12.2 Å². The van der Waals surface area contributed by atoms with E-state index >= 15 is 0 Å². The second kappa shape index (κ2) is 6.01. The van der Waals surface area contributed by atoms with Gasteiger partial charge in [-0.15, -0.1) is 0 Å². The van der Waals surface area contributed by atoms with Crippen LogP contribution in [0.4, 0.5) is 0 Å². The molecule has 0 saturated heterocycles. The average molecular weight is 246 g/mol. The SMILES string of the molecule is CCC(CC1CC1)NC(=O)c1ccc(CN)cc1. The first-order chi connectivity index (χ1) is 8.72. The quantitative estimate of drug-likeness (QED) is 0.810. The van der Waals surface area contributed by atoms with E-state index in [4.69, 9.17) is 5.73 Å². The third-order valence-electron chi connectivity index (χ3n) is 3.59. The summed E-state index contributed by atoms with van der Waals surface area (Å²) in [6.07, 6.45) is 4.79. The lowest BCUT2D eigenvalue weighted by molar-refractivity contribution is 0.0932. The van der Waals surface area contributed by atoms with Gasteiger partial charge >= 0.3 is 0 Å². The maximum absolute atomic E-state index is 12.1. The van der Waals surface area contributed by atoms with Crippen LogP contribution in [0.3, 0.4) is 0 Å². The first kappa shape index (κ1) is 13.1. The Kier molecular flexibility index (Phi) is 4.37. The Morgan fingerprint density at radius 3 is 2.56 bits per heavy atom. The molecular weight excluding hydrogens is 224 g/mol. The van der Waals surface area contributed by atoms with E-state index in [1.54, 1.807) is 0 Å². The van der Waals surface area contributed by atoms with Gasteiger partial charge in [0.2, 0.25) is 0 Å². The molecule has 1 aromatic rings. The molecule has 1 amide bonds. The van der Waals surface area contributed by atoms with Crippen molar-refractivity contribution in [3.8, 4) is 0 Å². The summed E-state index contributed by atoms with van der Waals surface area (Å²) in [5, 5.41) is 3.12. The van der Waals surface area contributed by atoms with Crippen LogP contribution in [0, 0.1) is 5.92 Å². The number of benzene rings is 1. The van der Waals surface area contributed by atoms with Crippen LogP contribution in [0.25, 0.3) is 0 Å². The van der Waals surface area contributed by atoms with Gasteiger partial charge in [0.1, 0.15) is 0 Å². The van der Waals surface area contributed by atoms with Crippen LogP contribution in [0.2, 0.25) is 0 Å². The summed E-state index contributed by atoms with van der Waals surface area (Å²) in [5.41, 5.74) is 7.32.